The minimum absolute atomic E-state index is 0.131. The molecule has 1 unspecified atom stereocenters. The van der Waals surface area contributed by atoms with E-state index in [4.69, 9.17) is 0 Å². The molecular formula is C19H22FN3O2. The molecule has 2 amide bonds. The zero-order valence-electron chi connectivity index (χ0n) is 14.4. The summed E-state index contributed by atoms with van der Waals surface area (Å²) in [5, 5.41) is 2.82. The molecule has 0 aliphatic carbocycles. The van der Waals surface area contributed by atoms with Crippen LogP contribution in [0.5, 0.6) is 0 Å². The minimum atomic E-state index is -0.630. The number of nitrogens with zero attached hydrogens (tertiary/aromatic N) is 2. The summed E-state index contributed by atoms with van der Waals surface area (Å²) in [7, 11) is 0. The number of hydrogen-bond donors (Lipinski definition) is 1. The number of rotatable bonds is 7. The molecule has 2 aromatic rings. The molecule has 2 rings (SSSR count). The third-order valence-corrected chi connectivity index (χ3v) is 3.93. The van der Waals surface area contributed by atoms with Gasteiger partial charge < -0.3 is 10.2 Å². The van der Waals surface area contributed by atoms with Crippen LogP contribution in [0.1, 0.15) is 31.4 Å². The van der Waals surface area contributed by atoms with Crippen LogP contribution in [-0.4, -0.2) is 27.7 Å². The highest BCUT2D eigenvalue weighted by molar-refractivity contribution is 5.87. The van der Waals surface area contributed by atoms with E-state index in [1.54, 1.807) is 44.4 Å². The van der Waals surface area contributed by atoms with Crippen molar-refractivity contribution >= 4 is 11.8 Å². The molecular weight excluding hydrogens is 321 g/mol. The van der Waals surface area contributed by atoms with Gasteiger partial charge in [0.2, 0.25) is 11.8 Å². The smallest absolute Gasteiger partial charge is 0.242 e. The van der Waals surface area contributed by atoms with E-state index in [1.807, 2.05) is 6.07 Å². The molecule has 0 bridgehead atoms. The first-order valence-electron chi connectivity index (χ1n) is 8.21. The minimum Gasteiger partial charge on any atom is -0.350 e. The monoisotopic (exact) mass is 343 g/mol. The van der Waals surface area contributed by atoms with E-state index >= 15 is 0 Å². The Morgan fingerprint density at radius 2 is 1.92 bits per heavy atom. The summed E-state index contributed by atoms with van der Waals surface area (Å²) in [5.74, 6) is -0.708. The predicted octanol–water partition coefficient (Wildman–Crippen LogP) is 2.66. The maximum absolute atomic E-state index is 13.0. The third kappa shape index (κ3) is 5.38. The first-order valence-corrected chi connectivity index (χ1v) is 8.21. The zero-order valence-corrected chi connectivity index (χ0v) is 14.4. The van der Waals surface area contributed by atoms with Crippen LogP contribution in [0.3, 0.4) is 0 Å². The highest BCUT2D eigenvalue weighted by Gasteiger charge is 2.24. The summed E-state index contributed by atoms with van der Waals surface area (Å²) in [4.78, 5) is 30.2. The number of aromatic nitrogens is 1. The van der Waals surface area contributed by atoms with Crippen LogP contribution in [-0.2, 0) is 22.7 Å². The molecule has 1 atom stereocenters. The lowest BCUT2D eigenvalue weighted by Crippen LogP contribution is -2.47. The van der Waals surface area contributed by atoms with Gasteiger partial charge in [-0.1, -0.05) is 25.1 Å². The maximum atomic E-state index is 13.0. The Morgan fingerprint density at radius 3 is 2.52 bits per heavy atom. The molecule has 0 spiro atoms. The summed E-state index contributed by atoms with van der Waals surface area (Å²) in [6, 6.07) is 8.96. The maximum Gasteiger partial charge on any atom is 0.242 e. The van der Waals surface area contributed by atoms with Crippen molar-refractivity contribution in [3.8, 4) is 0 Å². The quantitative estimate of drug-likeness (QED) is 0.841. The molecule has 0 fully saturated rings. The van der Waals surface area contributed by atoms with Gasteiger partial charge in [0, 0.05) is 31.9 Å². The van der Waals surface area contributed by atoms with Gasteiger partial charge in [-0.05, 0) is 36.2 Å². The number of halogens is 1. The Morgan fingerprint density at radius 1 is 1.20 bits per heavy atom. The standard InChI is InChI=1S/C19H22FN3O2/c1-3-18(24)23(13-15-6-8-17(20)9-7-15)14(2)19(25)22-12-16-5-4-10-21-11-16/h4-11,14H,3,12-13H2,1-2H3,(H,22,25). The van der Waals surface area contributed by atoms with E-state index in [0.29, 0.717) is 13.0 Å². The fourth-order valence-corrected chi connectivity index (χ4v) is 2.41. The topological polar surface area (TPSA) is 62.3 Å². The van der Waals surface area contributed by atoms with E-state index in [1.165, 1.54) is 17.0 Å². The Bertz CT molecular complexity index is 704. The van der Waals surface area contributed by atoms with Gasteiger partial charge in [0.15, 0.2) is 0 Å². The molecule has 1 N–H and O–H groups in total. The number of carbonyl (C=O) groups is 2. The normalized spacial score (nSPS) is 11.6. The predicted molar refractivity (Wildman–Crippen MR) is 92.8 cm³/mol. The fraction of sp³-hybridized carbons (Fsp3) is 0.316. The molecule has 25 heavy (non-hydrogen) atoms. The summed E-state index contributed by atoms with van der Waals surface area (Å²) in [5.41, 5.74) is 1.66. The van der Waals surface area contributed by atoms with Crippen LogP contribution < -0.4 is 5.32 Å². The van der Waals surface area contributed by atoms with Crippen LogP contribution in [0.15, 0.2) is 48.8 Å². The molecule has 0 saturated heterocycles. The first kappa shape index (κ1) is 18.6. The number of pyridine rings is 1. The number of carbonyl (C=O) groups excluding carboxylic acids is 2. The van der Waals surface area contributed by atoms with Crippen molar-refractivity contribution in [1.29, 1.82) is 0 Å². The van der Waals surface area contributed by atoms with Gasteiger partial charge in [0.05, 0.1) is 0 Å². The molecule has 6 heteroatoms. The average Bonchev–Trinajstić information content (AvgIpc) is 2.65. The van der Waals surface area contributed by atoms with Gasteiger partial charge in [-0.2, -0.15) is 0 Å². The van der Waals surface area contributed by atoms with Crippen molar-refractivity contribution < 1.29 is 14.0 Å². The second-order valence-electron chi connectivity index (χ2n) is 5.76. The van der Waals surface area contributed by atoms with Crippen molar-refractivity contribution in [3.63, 3.8) is 0 Å². The van der Waals surface area contributed by atoms with E-state index in [0.717, 1.165) is 11.1 Å². The number of nitrogens with one attached hydrogen (secondary N) is 1. The van der Waals surface area contributed by atoms with Crippen molar-refractivity contribution in [2.75, 3.05) is 0 Å². The third-order valence-electron chi connectivity index (χ3n) is 3.93. The summed E-state index contributed by atoms with van der Waals surface area (Å²) in [6.07, 6.45) is 3.64. The van der Waals surface area contributed by atoms with Gasteiger partial charge in [-0.25, -0.2) is 4.39 Å². The van der Waals surface area contributed by atoms with Crippen LogP contribution in [0.25, 0.3) is 0 Å². The van der Waals surface area contributed by atoms with Crippen molar-refractivity contribution in [1.82, 2.24) is 15.2 Å². The van der Waals surface area contributed by atoms with Gasteiger partial charge in [0.1, 0.15) is 11.9 Å². The van der Waals surface area contributed by atoms with E-state index < -0.39 is 6.04 Å². The van der Waals surface area contributed by atoms with Crippen LogP contribution in [0, 0.1) is 5.82 Å². The second kappa shape index (κ2) is 8.92. The molecule has 1 aromatic carbocycles. The van der Waals surface area contributed by atoms with Crippen molar-refractivity contribution in [2.45, 2.75) is 39.4 Å². The molecule has 132 valence electrons. The molecule has 0 radical (unpaired) electrons. The van der Waals surface area contributed by atoms with E-state index in [2.05, 4.69) is 10.3 Å². The Kier molecular flexibility index (Phi) is 6.62. The van der Waals surface area contributed by atoms with E-state index in [9.17, 15) is 14.0 Å². The lowest BCUT2D eigenvalue weighted by molar-refractivity contribution is -0.140. The molecule has 1 heterocycles. The van der Waals surface area contributed by atoms with E-state index in [-0.39, 0.29) is 24.2 Å². The van der Waals surface area contributed by atoms with Crippen LogP contribution in [0.4, 0.5) is 4.39 Å². The molecule has 0 aliphatic heterocycles. The van der Waals surface area contributed by atoms with Gasteiger partial charge in [0.25, 0.3) is 0 Å². The highest BCUT2D eigenvalue weighted by Crippen LogP contribution is 2.12. The fourth-order valence-electron chi connectivity index (χ4n) is 2.41. The second-order valence-corrected chi connectivity index (χ2v) is 5.76. The Labute approximate surface area is 146 Å². The van der Waals surface area contributed by atoms with Gasteiger partial charge >= 0.3 is 0 Å². The van der Waals surface area contributed by atoms with Gasteiger partial charge in [-0.3, -0.25) is 14.6 Å². The number of hydrogen-bond acceptors (Lipinski definition) is 3. The van der Waals surface area contributed by atoms with Crippen LogP contribution >= 0.6 is 0 Å². The Hall–Kier alpha value is -2.76. The summed E-state index contributed by atoms with van der Waals surface area (Å²) >= 11 is 0. The molecule has 0 saturated carbocycles. The zero-order chi connectivity index (χ0) is 18.2. The van der Waals surface area contributed by atoms with Crippen molar-refractivity contribution in [3.05, 3.63) is 65.7 Å². The largest absolute Gasteiger partial charge is 0.350 e. The molecule has 0 aliphatic rings. The van der Waals surface area contributed by atoms with Gasteiger partial charge in [-0.15, -0.1) is 0 Å². The molecule has 1 aromatic heterocycles. The summed E-state index contributed by atoms with van der Waals surface area (Å²) in [6.45, 7) is 4.05. The Balaban J connectivity index is 2.03. The SMILES string of the molecule is CCC(=O)N(Cc1ccc(F)cc1)C(C)C(=O)NCc1cccnc1. The highest BCUT2D eigenvalue weighted by atomic mass is 19.1. The molecule has 5 nitrogen and oxygen atoms in total. The lowest BCUT2D eigenvalue weighted by atomic mass is 10.1. The number of amides is 2. The lowest BCUT2D eigenvalue weighted by Gasteiger charge is -2.28. The first-order chi connectivity index (χ1) is 12.0. The average molecular weight is 343 g/mol. The van der Waals surface area contributed by atoms with Crippen molar-refractivity contribution in [2.24, 2.45) is 0 Å². The summed E-state index contributed by atoms with van der Waals surface area (Å²) < 4.78 is 13.0. The number of benzene rings is 1. The van der Waals surface area contributed by atoms with Crippen LogP contribution in [0.2, 0.25) is 0 Å².